The van der Waals surface area contributed by atoms with Crippen LogP contribution in [0.3, 0.4) is 0 Å². The Morgan fingerprint density at radius 2 is 2.28 bits per heavy atom. The molecule has 5 heteroatoms. The molecule has 0 heterocycles. The van der Waals surface area contributed by atoms with Crippen molar-refractivity contribution in [3.05, 3.63) is 34.1 Å². The monoisotopic (exact) mass is 314 g/mol. The smallest absolute Gasteiger partial charge is 0.254 e. The van der Waals surface area contributed by atoms with Gasteiger partial charge in [0, 0.05) is 23.6 Å². The summed E-state index contributed by atoms with van der Waals surface area (Å²) in [5.74, 6) is -0.860. The fraction of sp³-hybridized carbons (Fsp3) is 0.462. The zero-order valence-corrected chi connectivity index (χ0v) is 11.8. The van der Waals surface area contributed by atoms with Crippen molar-refractivity contribution in [3.63, 3.8) is 0 Å². The number of amides is 1. The number of carbonyl (C=O) groups is 1. The number of halogens is 2. The third-order valence-electron chi connectivity index (χ3n) is 3.10. The van der Waals surface area contributed by atoms with E-state index in [9.17, 15) is 9.18 Å². The van der Waals surface area contributed by atoms with Crippen molar-refractivity contribution in [3.8, 4) is 0 Å². The van der Waals surface area contributed by atoms with Crippen molar-refractivity contribution in [2.45, 2.75) is 18.9 Å². The van der Waals surface area contributed by atoms with Gasteiger partial charge in [-0.25, -0.2) is 4.39 Å². The van der Waals surface area contributed by atoms with Gasteiger partial charge in [-0.05, 0) is 38.1 Å². The maximum absolute atomic E-state index is 13.5. The molecule has 0 aliphatic heterocycles. The molecule has 1 aromatic carbocycles. The number of nitrogens with zero attached hydrogens (tertiary/aromatic N) is 1. The van der Waals surface area contributed by atoms with Gasteiger partial charge in [0.25, 0.3) is 5.91 Å². The van der Waals surface area contributed by atoms with Gasteiger partial charge in [0.05, 0.1) is 5.56 Å². The maximum Gasteiger partial charge on any atom is 0.254 e. The van der Waals surface area contributed by atoms with Gasteiger partial charge < -0.3 is 10.2 Å². The summed E-state index contributed by atoms with van der Waals surface area (Å²) >= 11 is 3.16. The van der Waals surface area contributed by atoms with Crippen molar-refractivity contribution in [1.82, 2.24) is 10.2 Å². The van der Waals surface area contributed by atoms with Crippen molar-refractivity contribution >= 4 is 21.8 Å². The summed E-state index contributed by atoms with van der Waals surface area (Å²) in [6.45, 7) is 1.34. The predicted molar refractivity (Wildman–Crippen MR) is 72.1 cm³/mol. The van der Waals surface area contributed by atoms with Crippen molar-refractivity contribution in [2.24, 2.45) is 0 Å². The number of hydrogen-bond donors (Lipinski definition) is 1. The van der Waals surface area contributed by atoms with Crippen LogP contribution in [0.4, 0.5) is 4.39 Å². The summed E-state index contributed by atoms with van der Waals surface area (Å²) in [5, 5.41) is 2.74. The van der Waals surface area contributed by atoms with E-state index >= 15 is 0 Å². The number of benzene rings is 1. The van der Waals surface area contributed by atoms with Crippen LogP contribution in [0.5, 0.6) is 0 Å². The third kappa shape index (κ3) is 3.53. The van der Waals surface area contributed by atoms with Crippen LogP contribution >= 0.6 is 15.9 Å². The minimum Gasteiger partial charge on any atom is -0.351 e. The third-order valence-corrected chi connectivity index (χ3v) is 3.59. The average Bonchev–Trinajstić information content (AvgIpc) is 3.12. The molecule has 0 saturated heterocycles. The summed E-state index contributed by atoms with van der Waals surface area (Å²) in [4.78, 5) is 14.0. The number of nitrogens with one attached hydrogen (secondary N) is 1. The molecule has 2 rings (SSSR count). The molecule has 18 heavy (non-hydrogen) atoms. The largest absolute Gasteiger partial charge is 0.351 e. The van der Waals surface area contributed by atoms with Crippen LogP contribution in [0, 0.1) is 5.82 Å². The van der Waals surface area contributed by atoms with Gasteiger partial charge in [0.2, 0.25) is 0 Å². The molecule has 0 bridgehead atoms. The Morgan fingerprint density at radius 3 is 2.89 bits per heavy atom. The van der Waals surface area contributed by atoms with E-state index in [1.54, 1.807) is 6.07 Å². The highest BCUT2D eigenvalue weighted by Gasteiger charge is 2.25. The van der Waals surface area contributed by atoms with Crippen molar-refractivity contribution in [1.29, 1.82) is 0 Å². The summed E-state index contributed by atoms with van der Waals surface area (Å²) in [5.41, 5.74) is 0.0901. The molecule has 1 aromatic rings. The molecule has 1 aliphatic rings. The fourth-order valence-electron chi connectivity index (χ4n) is 1.81. The molecule has 1 N–H and O–H groups in total. The van der Waals surface area contributed by atoms with Gasteiger partial charge in [0.15, 0.2) is 0 Å². The van der Waals surface area contributed by atoms with E-state index in [1.165, 1.54) is 25.0 Å². The zero-order valence-electron chi connectivity index (χ0n) is 10.2. The molecule has 1 amide bonds. The van der Waals surface area contributed by atoms with Crippen LogP contribution in [0.1, 0.15) is 23.2 Å². The first kappa shape index (κ1) is 13.5. The first-order valence-corrected chi connectivity index (χ1v) is 6.80. The van der Waals surface area contributed by atoms with E-state index < -0.39 is 5.82 Å². The minimum atomic E-state index is -0.502. The minimum absolute atomic E-state index is 0.0901. The first-order valence-electron chi connectivity index (χ1n) is 6.01. The summed E-state index contributed by atoms with van der Waals surface area (Å²) in [6.07, 6.45) is 2.48. The van der Waals surface area contributed by atoms with Gasteiger partial charge >= 0.3 is 0 Å². The van der Waals surface area contributed by atoms with Crippen LogP contribution in [0.2, 0.25) is 0 Å². The van der Waals surface area contributed by atoms with Gasteiger partial charge in [-0.2, -0.15) is 0 Å². The molecule has 0 atom stereocenters. The van der Waals surface area contributed by atoms with E-state index in [0.717, 1.165) is 6.54 Å². The van der Waals surface area contributed by atoms with E-state index in [-0.39, 0.29) is 11.5 Å². The molecule has 0 aromatic heterocycles. The van der Waals surface area contributed by atoms with E-state index in [4.69, 9.17) is 0 Å². The topological polar surface area (TPSA) is 32.3 Å². The lowest BCUT2D eigenvalue weighted by molar-refractivity contribution is 0.0945. The maximum atomic E-state index is 13.5. The lowest BCUT2D eigenvalue weighted by Gasteiger charge is -2.15. The number of hydrogen-bond acceptors (Lipinski definition) is 2. The van der Waals surface area contributed by atoms with Gasteiger partial charge in [-0.15, -0.1) is 0 Å². The predicted octanol–water partition coefficient (Wildman–Crippen LogP) is 2.41. The lowest BCUT2D eigenvalue weighted by Crippen LogP contribution is -2.34. The van der Waals surface area contributed by atoms with Gasteiger partial charge in [-0.3, -0.25) is 4.79 Å². The second-order valence-corrected chi connectivity index (χ2v) is 5.51. The van der Waals surface area contributed by atoms with Gasteiger partial charge in [0.1, 0.15) is 5.82 Å². The molecule has 3 nitrogen and oxygen atoms in total. The zero-order chi connectivity index (χ0) is 13.1. The Morgan fingerprint density at radius 1 is 1.56 bits per heavy atom. The van der Waals surface area contributed by atoms with Crippen molar-refractivity contribution in [2.75, 3.05) is 20.1 Å². The molecule has 1 fully saturated rings. The SMILES string of the molecule is CN(CCNC(=O)c1ccc(Br)cc1F)C1CC1. The first-order chi connectivity index (χ1) is 8.58. The second kappa shape index (κ2) is 5.80. The lowest BCUT2D eigenvalue weighted by atomic mass is 10.2. The van der Waals surface area contributed by atoms with Crippen LogP contribution < -0.4 is 5.32 Å². The highest BCUT2D eigenvalue weighted by Crippen LogP contribution is 2.24. The van der Waals surface area contributed by atoms with Gasteiger partial charge in [-0.1, -0.05) is 15.9 Å². The summed E-state index contributed by atoms with van der Waals surface area (Å²) < 4.78 is 14.2. The van der Waals surface area contributed by atoms with Crippen molar-refractivity contribution < 1.29 is 9.18 Å². The van der Waals surface area contributed by atoms with E-state index in [1.807, 2.05) is 7.05 Å². The number of carbonyl (C=O) groups excluding carboxylic acids is 1. The Labute approximate surface area is 114 Å². The molecule has 98 valence electrons. The number of rotatable bonds is 5. The Balaban J connectivity index is 1.83. The quantitative estimate of drug-likeness (QED) is 0.905. The Hall–Kier alpha value is -0.940. The highest BCUT2D eigenvalue weighted by molar-refractivity contribution is 9.10. The average molecular weight is 315 g/mol. The molecular weight excluding hydrogens is 299 g/mol. The highest BCUT2D eigenvalue weighted by atomic mass is 79.9. The normalized spacial score (nSPS) is 14.9. The molecule has 0 spiro atoms. The molecular formula is C13H16BrFN2O. The standard InChI is InChI=1S/C13H16BrFN2O/c1-17(10-3-4-10)7-6-16-13(18)11-5-2-9(14)8-12(11)15/h2,5,8,10H,3-4,6-7H2,1H3,(H,16,18). The summed E-state index contributed by atoms with van der Waals surface area (Å²) in [7, 11) is 2.05. The molecule has 1 saturated carbocycles. The number of likely N-dealkylation sites (N-methyl/N-ethyl adjacent to an activating group) is 1. The van der Waals surface area contributed by atoms with Crippen LogP contribution in [-0.2, 0) is 0 Å². The van der Waals surface area contributed by atoms with Crippen LogP contribution in [-0.4, -0.2) is 37.0 Å². The molecule has 0 unspecified atom stereocenters. The van der Waals surface area contributed by atoms with E-state index in [0.29, 0.717) is 17.1 Å². The summed E-state index contributed by atoms with van der Waals surface area (Å²) in [6, 6.07) is 5.12. The Bertz CT molecular complexity index is 449. The Kier molecular flexibility index (Phi) is 4.35. The molecule has 0 radical (unpaired) electrons. The van der Waals surface area contributed by atoms with E-state index in [2.05, 4.69) is 26.1 Å². The van der Waals surface area contributed by atoms with Crippen LogP contribution in [0.25, 0.3) is 0 Å². The van der Waals surface area contributed by atoms with Crippen LogP contribution in [0.15, 0.2) is 22.7 Å². The second-order valence-electron chi connectivity index (χ2n) is 4.59. The molecule has 1 aliphatic carbocycles. The fourth-order valence-corrected chi connectivity index (χ4v) is 2.15.